The molecule has 0 bridgehead atoms. The van der Waals surface area contributed by atoms with Crippen molar-refractivity contribution in [1.82, 2.24) is 15.8 Å². The van der Waals surface area contributed by atoms with Gasteiger partial charge in [-0.15, -0.1) is 0 Å². The summed E-state index contributed by atoms with van der Waals surface area (Å²) in [5, 5.41) is 7.73. The molecule has 0 aromatic heterocycles. The first kappa shape index (κ1) is 27.3. The highest BCUT2D eigenvalue weighted by Gasteiger charge is 2.37. The van der Waals surface area contributed by atoms with Crippen LogP contribution in [0.15, 0.2) is 57.7 Å². The van der Waals surface area contributed by atoms with Gasteiger partial charge in [0.25, 0.3) is 5.91 Å². The van der Waals surface area contributed by atoms with Gasteiger partial charge in [-0.05, 0) is 69.2 Å². The first-order chi connectivity index (χ1) is 19.2. The summed E-state index contributed by atoms with van der Waals surface area (Å²) < 4.78 is 19.8. The zero-order chi connectivity index (χ0) is 28.4. The lowest BCUT2D eigenvalue weighted by molar-refractivity contribution is -0.124. The second-order valence-electron chi connectivity index (χ2n) is 10.4. The first-order valence-corrected chi connectivity index (χ1v) is 13.4. The molecular formula is C29H34FN7O3. The van der Waals surface area contributed by atoms with E-state index in [-0.39, 0.29) is 23.4 Å². The molecule has 1 fully saturated rings. The predicted molar refractivity (Wildman–Crippen MR) is 153 cm³/mol. The highest BCUT2D eigenvalue weighted by Crippen LogP contribution is 2.32. The quantitative estimate of drug-likeness (QED) is 0.511. The van der Waals surface area contributed by atoms with E-state index in [4.69, 9.17) is 9.73 Å². The van der Waals surface area contributed by atoms with Gasteiger partial charge < -0.3 is 20.3 Å². The predicted octanol–water partition coefficient (Wildman–Crippen LogP) is 3.53. The Morgan fingerprint density at radius 1 is 1.15 bits per heavy atom. The van der Waals surface area contributed by atoms with Gasteiger partial charge in [-0.2, -0.15) is 0 Å². The van der Waals surface area contributed by atoms with Crippen LogP contribution in [0.2, 0.25) is 0 Å². The number of anilines is 2. The van der Waals surface area contributed by atoms with Crippen molar-refractivity contribution >= 4 is 41.1 Å². The standard InChI is InChI=1S/C29H34FN7O3/c1-17(2)33-29(39)24-15-37-26(19(24)4)27(31-16-32-37)35-25-14-22(6-5-18(25)3)34-28(38)20-11-21(30)13-23(12-20)36-7-9-40-10-8-36/h5-6,11-14,16-17,24H,7-10,15H2,1-4H3,(H,33,39)(H,34,38)(H,31,32,35). The van der Waals surface area contributed by atoms with Gasteiger partial charge in [0.05, 0.1) is 31.4 Å². The van der Waals surface area contributed by atoms with Crippen LogP contribution in [0, 0.1) is 18.7 Å². The van der Waals surface area contributed by atoms with E-state index >= 15 is 0 Å². The summed E-state index contributed by atoms with van der Waals surface area (Å²) in [6, 6.07) is 9.80. The molecule has 3 N–H and O–H groups in total. The molecule has 3 aliphatic rings. The van der Waals surface area contributed by atoms with Crippen molar-refractivity contribution in [3.05, 3.63) is 64.6 Å². The molecule has 210 valence electrons. The Morgan fingerprint density at radius 2 is 1.93 bits per heavy atom. The molecule has 0 radical (unpaired) electrons. The Morgan fingerprint density at radius 3 is 2.67 bits per heavy atom. The highest BCUT2D eigenvalue weighted by molar-refractivity contribution is 6.07. The van der Waals surface area contributed by atoms with Crippen LogP contribution in [0.4, 0.5) is 21.5 Å². The fraction of sp³-hybridized carbons (Fsp3) is 0.379. The van der Waals surface area contributed by atoms with Gasteiger partial charge in [-0.25, -0.2) is 14.4 Å². The number of amidine groups is 1. The first-order valence-electron chi connectivity index (χ1n) is 13.4. The van der Waals surface area contributed by atoms with E-state index in [1.54, 1.807) is 24.5 Å². The highest BCUT2D eigenvalue weighted by atomic mass is 19.1. The molecule has 40 heavy (non-hydrogen) atoms. The zero-order valence-electron chi connectivity index (χ0n) is 23.1. The Hall–Kier alpha value is -4.25. The molecule has 2 amide bonds. The SMILES string of the molecule is CC1=C2C(=Nc3cc(NC(=O)c4cc(F)cc(N5CCOCC5)c4)ccc3C)N=CNN2CC1C(=O)NC(C)C. The second kappa shape index (κ2) is 11.5. The van der Waals surface area contributed by atoms with Crippen molar-refractivity contribution in [2.75, 3.05) is 43.1 Å². The van der Waals surface area contributed by atoms with Gasteiger partial charge >= 0.3 is 0 Å². The van der Waals surface area contributed by atoms with Crippen molar-refractivity contribution in [2.45, 2.75) is 33.7 Å². The zero-order valence-corrected chi connectivity index (χ0v) is 23.1. The molecule has 0 saturated carbocycles. The number of aryl methyl sites for hydroxylation is 1. The lowest BCUT2D eigenvalue weighted by atomic mass is 10.0. The lowest BCUT2D eigenvalue weighted by Crippen LogP contribution is -2.43. The number of aliphatic imine (C=N–C) groups is 2. The third-order valence-electron chi connectivity index (χ3n) is 7.11. The molecule has 1 atom stereocenters. The van der Waals surface area contributed by atoms with Crippen LogP contribution < -0.4 is 21.0 Å². The van der Waals surface area contributed by atoms with Crippen LogP contribution in [0.3, 0.4) is 0 Å². The third-order valence-corrected chi connectivity index (χ3v) is 7.11. The van der Waals surface area contributed by atoms with E-state index in [0.717, 1.165) is 16.8 Å². The average molecular weight is 548 g/mol. The molecule has 2 aromatic rings. The number of halogens is 1. The minimum Gasteiger partial charge on any atom is -0.378 e. The van der Waals surface area contributed by atoms with Gasteiger partial charge in [-0.3, -0.25) is 20.0 Å². The van der Waals surface area contributed by atoms with E-state index < -0.39 is 11.7 Å². The second-order valence-corrected chi connectivity index (χ2v) is 10.4. The maximum Gasteiger partial charge on any atom is 0.255 e. The fourth-order valence-electron chi connectivity index (χ4n) is 5.00. The molecule has 1 unspecified atom stereocenters. The topological polar surface area (TPSA) is 111 Å². The van der Waals surface area contributed by atoms with Crippen molar-refractivity contribution in [3.8, 4) is 0 Å². The number of morpholine rings is 1. The van der Waals surface area contributed by atoms with E-state index in [0.29, 0.717) is 55.7 Å². The van der Waals surface area contributed by atoms with E-state index in [1.165, 1.54) is 12.1 Å². The minimum absolute atomic E-state index is 0.0365. The summed E-state index contributed by atoms with van der Waals surface area (Å²) in [5.74, 6) is -0.777. The van der Waals surface area contributed by atoms with Gasteiger partial charge in [0.1, 0.15) is 17.9 Å². The summed E-state index contributed by atoms with van der Waals surface area (Å²) in [6.07, 6.45) is 1.55. The van der Waals surface area contributed by atoms with Crippen LogP contribution in [0.25, 0.3) is 0 Å². The molecule has 3 aliphatic heterocycles. The largest absolute Gasteiger partial charge is 0.378 e. The molecule has 0 aliphatic carbocycles. The smallest absolute Gasteiger partial charge is 0.255 e. The number of ether oxygens (including phenoxy) is 1. The van der Waals surface area contributed by atoms with Crippen molar-refractivity contribution in [1.29, 1.82) is 0 Å². The monoisotopic (exact) mass is 547 g/mol. The van der Waals surface area contributed by atoms with E-state index in [9.17, 15) is 14.0 Å². The van der Waals surface area contributed by atoms with Gasteiger partial charge in [0.2, 0.25) is 5.91 Å². The number of rotatable bonds is 6. The summed E-state index contributed by atoms with van der Waals surface area (Å²) in [6.45, 7) is 10.6. The molecule has 0 spiro atoms. The number of carbonyl (C=O) groups is 2. The molecular weight excluding hydrogens is 513 g/mol. The number of benzene rings is 2. The maximum atomic E-state index is 14.4. The van der Waals surface area contributed by atoms with Gasteiger partial charge in [0.15, 0.2) is 5.84 Å². The third kappa shape index (κ3) is 5.84. The van der Waals surface area contributed by atoms with Crippen molar-refractivity contribution in [2.24, 2.45) is 15.9 Å². The molecule has 5 rings (SSSR count). The van der Waals surface area contributed by atoms with Crippen molar-refractivity contribution in [3.63, 3.8) is 0 Å². The number of hydrazine groups is 1. The number of nitrogens with zero attached hydrogens (tertiary/aromatic N) is 4. The Labute approximate surface area is 233 Å². The number of carbonyl (C=O) groups excluding carboxylic acids is 2. The van der Waals surface area contributed by atoms with Crippen LogP contribution in [-0.2, 0) is 9.53 Å². The van der Waals surface area contributed by atoms with Gasteiger partial charge in [-0.1, -0.05) is 6.07 Å². The fourth-order valence-corrected chi connectivity index (χ4v) is 5.00. The molecule has 11 heteroatoms. The summed E-state index contributed by atoms with van der Waals surface area (Å²) >= 11 is 0. The van der Waals surface area contributed by atoms with E-state index in [1.807, 2.05) is 43.7 Å². The van der Waals surface area contributed by atoms with Gasteiger partial charge in [0, 0.05) is 36.1 Å². The summed E-state index contributed by atoms with van der Waals surface area (Å²) in [4.78, 5) is 37.2. The lowest BCUT2D eigenvalue weighted by Gasteiger charge is -2.29. The van der Waals surface area contributed by atoms with Crippen molar-refractivity contribution < 1.29 is 18.7 Å². The normalized spacial score (nSPS) is 19.6. The number of hydrogen-bond donors (Lipinski definition) is 3. The summed E-state index contributed by atoms with van der Waals surface area (Å²) in [5.41, 5.74) is 7.64. The van der Waals surface area contributed by atoms with E-state index in [2.05, 4.69) is 21.1 Å². The average Bonchev–Trinajstić information content (AvgIpc) is 3.27. The molecule has 10 nitrogen and oxygen atoms in total. The van der Waals surface area contributed by atoms with Crippen LogP contribution in [-0.4, -0.2) is 67.9 Å². The summed E-state index contributed by atoms with van der Waals surface area (Å²) in [7, 11) is 0. The maximum absolute atomic E-state index is 14.4. The van der Waals surface area contributed by atoms with Crippen LogP contribution in [0.5, 0.6) is 0 Å². The number of amides is 2. The molecule has 3 heterocycles. The number of hydrogen-bond acceptors (Lipinski definition) is 7. The van der Waals surface area contributed by atoms with Crippen LogP contribution >= 0.6 is 0 Å². The number of fused-ring (bicyclic) bond motifs is 1. The molecule has 2 aromatic carbocycles. The Bertz CT molecular complexity index is 1410. The Balaban J connectivity index is 1.38. The Kier molecular flexibility index (Phi) is 7.83. The van der Waals surface area contributed by atoms with Crippen LogP contribution in [0.1, 0.15) is 36.7 Å². The molecule has 1 saturated heterocycles. The minimum atomic E-state index is -0.473. The number of nitrogens with one attached hydrogen (secondary N) is 3.